The minimum absolute atomic E-state index is 0.0582. The average molecular weight is 264 g/mol. The molecule has 1 aromatic rings. The van der Waals surface area contributed by atoms with E-state index in [9.17, 15) is 10.1 Å². The molecule has 104 valence electrons. The molecule has 0 heterocycles. The normalized spacial score (nSPS) is 15.4. The summed E-state index contributed by atoms with van der Waals surface area (Å²) < 4.78 is 5.47. The summed E-state index contributed by atoms with van der Waals surface area (Å²) in [5, 5.41) is 14.6. The summed E-state index contributed by atoms with van der Waals surface area (Å²) in [5.41, 5.74) is 0.633. The summed E-state index contributed by atoms with van der Waals surface area (Å²) in [7, 11) is 0. The molecule has 0 unspecified atom stereocenters. The number of para-hydroxylation sites is 1. The van der Waals surface area contributed by atoms with Gasteiger partial charge in [0, 0.05) is 6.04 Å². The molecular formula is C14H20N2O3. The molecule has 1 aromatic carbocycles. The minimum Gasteiger partial charge on any atom is -0.487 e. The Morgan fingerprint density at radius 1 is 1.42 bits per heavy atom. The van der Waals surface area contributed by atoms with Crippen molar-refractivity contribution in [2.24, 2.45) is 0 Å². The maximum atomic E-state index is 11.3. The number of nitro benzene ring substituents is 1. The molecular weight excluding hydrogens is 244 g/mol. The van der Waals surface area contributed by atoms with Crippen molar-refractivity contribution in [2.45, 2.75) is 45.1 Å². The molecule has 0 spiro atoms. The summed E-state index contributed by atoms with van der Waals surface area (Å²) in [4.78, 5) is 10.9. The molecule has 0 saturated heterocycles. The highest BCUT2D eigenvalue weighted by molar-refractivity contribution is 5.68. The van der Waals surface area contributed by atoms with Gasteiger partial charge < -0.3 is 10.1 Å². The molecule has 1 aliphatic rings. The van der Waals surface area contributed by atoms with E-state index >= 15 is 0 Å². The van der Waals surface area contributed by atoms with Crippen LogP contribution in [0, 0.1) is 10.1 Å². The standard InChI is InChI=1S/C14H20N2O3/c1-2-10-19-13-9-5-8-12(14(13)16(17)18)15-11-6-3-4-7-11/h5,8-9,11,15H,2-4,6-7,10H2,1H3. The molecule has 5 heteroatoms. The van der Waals surface area contributed by atoms with Crippen LogP contribution in [0.15, 0.2) is 18.2 Å². The first-order valence-electron chi connectivity index (χ1n) is 6.89. The number of nitrogens with one attached hydrogen (secondary N) is 1. The van der Waals surface area contributed by atoms with Crippen molar-refractivity contribution < 1.29 is 9.66 Å². The molecule has 2 rings (SSSR count). The average Bonchev–Trinajstić information content (AvgIpc) is 2.89. The molecule has 0 radical (unpaired) electrons. The lowest BCUT2D eigenvalue weighted by Gasteiger charge is -2.15. The molecule has 0 bridgehead atoms. The zero-order valence-corrected chi connectivity index (χ0v) is 11.2. The zero-order chi connectivity index (χ0) is 13.7. The van der Waals surface area contributed by atoms with Gasteiger partial charge in [-0.2, -0.15) is 0 Å². The number of anilines is 1. The van der Waals surface area contributed by atoms with Gasteiger partial charge >= 0.3 is 5.69 Å². The van der Waals surface area contributed by atoms with E-state index in [1.54, 1.807) is 18.2 Å². The lowest BCUT2D eigenvalue weighted by Crippen LogP contribution is -2.15. The van der Waals surface area contributed by atoms with E-state index in [0.29, 0.717) is 24.1 Å². The molecule has 1 aliphatic carbocycles. The topological polar surface area (TPSA) is 64.4 Å². The summed E-state index contributed by atoms with van der Waals surface area (Å²) in [6.45, 7) is 2.47. The Kier molecular flexibility index (Phi) is 4.60. The van der Waals surface area contributed by atoms with Crippen LogP contribution in [0.2, 0.25) is 0 Å². The molecule has 1 fully saturated rings. The van der Waals surface area contributed by atoms with Gasteiger partial charge in [0.15, 0.2) is 5.75 Å². The fourth-order valence-corrected chi connectivity index (χ4v) is 2.45. The first-order valence-corrected chi connectivity index (χ1v) is 6.89. The highest BCUT2D eigenvalue weighted by Gasteiger charge is 2.24. The molecule has 0 atom stereocenters. The van der Waals surface area contributed by atoms with Gasteiger partial charge in [0.1, 0.15) is 5.69 Å². The first-order chi connectivity index (χ1) is 9.22. The first kappa shape index (κ1) is 13.6. The lowest BCUT2D eigenvalue weighted by atomic mass is 10.2. The van der Waals surface area contributed by atoms with E-state index in [-0.39, 0.29) is 10.6 Å². The molecule has 1 saturated carbocycles. The number of hydrogen-bond acceptors (Lipinski definition) is 4. The van der Waals surface area contributed by atoms with Crippen molar-refractivity contribution >= 4 is 11.4 Å². The predicted molar refractivity (Wildman–Crippen MR) is 74.8 cm³/mol. The third kappa shape index (κ3) is 3.36. The van der Waals surface area contributed by atoms with Gasteiger partial charge in [-0.25, -0.2) is 0 Å². The Morgan fingerprint density at radius 2 is 2.16 bits per heavy atom. The van der Waals surface area contributed by atoms with E-state index in [1.165, 1.54) is 12.8 Å². The molecule has 0 aromatic heterocycles. The van der Waals surface area contributed by atoms with Crippen LogP contribution in [-0.4, -0.2) is 17.6 Å². The van der Waals surface area contributed by atoms with Crippen LogP contribution in [0.25, 0.3) is 0 Å². The quantitative estimate of drug-likeness (QED) is 0.628. The van der Waals surface area contributed by atoms with Gasteiger partial charge in [-0.3, -0.25) is 10.1 Å². The van der Waals surface area contributed by atoms with Crippen molar-refractivity contribution in [1.29, 1.82) is 0 Å². The van der Waals surface area contributed by atoms with Gasteiger partial charge in [0.2, 0.25) is 0 Å². The van der Waals surface area contributed by atoms with Crippen molar-refractivity contribution in [3.05, 3.63) is 28.3 Å². The Balaban J connectivity index is 2.22. The van der Waals surface area contributed by atoms with Crippen molar-refractivity contribution in [3.63, 3.8) is 0 Å². The summed E-state index contributed by atoms with van der Waals surface area (Å²) in [6.07, 6.45) is 5.38. The highest BCUT2D eigenvalue weighted by atomic mass is 16.6. The van der Waals surface area contributed by atoms with Crippen LogP contribution in [0.3, 0.4) is 0 Å². The predicted octanol–water partition coefficient (Wildman–Crippen LogP) is 3.74. The van der Waals surface area contributed by atoms with Gasteiger partial charge in [-0.05, 0) is 31.4 Å². The molecule has 0 aliphatic heterocycles. The number of benzene rings is 1. The Labute approximate surface area is 113 Å². The van der Waals surface area contributed by atoms with Crippen LogP contribution < -0.4 is 10.1 Å². The van der Waals surface area contributed by atoms with E-state index < -0.39 is 0 Å². The monoisotopic (exact) mass is 264 g/mol. The smallest absolute Gasteiger partial charge is 0.333 e. The molecule has 0 amide bonds. The van der Waals surface area contributed by atoms with Gasteiger partial charge in [-0.15, -0.1) is 0 Å². The lowest BCUT2D eigenvalue weighted by molar-refractivity contribution is -0.385. The van der Waals surface area contributed by atoms with Crippen LogP contribution in [0.1, 0.15) is 39.0 Å². The zero-order valence-electron chi connectivity index (χ0n) is 11.2. The van der Waals surface area contributed by atoms with Gasteiger partial charge in [-0.1, -0.05) is 25.8 Å². The number of nitro groups is 1. The SMILES string of the molecule is CCCOc1cccc(NC2CCCC2)c1[N+](=O)[O-]. The Morgan fingerprint density at radius 3 is 2.79 bits per heavy atom. The summed E-state index contributed by atoms with van der Waals surface area (Å²) >= 11 is 0. The van der Waals surface area contributed by atoms with E-state index in [2.05, 4.69) is 5.32 Å². The number of rotatable bonds is 6. The molecule has 19 heavy (non-hydrogen) atoms. The largest absolute Gasteiger partial charge is 0.487 e. The second kappa shape index (κ2) is 6.41. The van der Waals surface area contributed by atoms with E-state index in [4.69, 9.17) is 4.74 Å². The molecule has 1 N–H and O–H groups in total. The highest BCUT2D eigenvalue weighted by Crippen LogP contribution is 2.36. The second-order valence-corrected chi connectivity index (χ2v) is 4.88. The van der Waals surface area contributed by atoms with Crippen molar-refractivity contribution in [1.82, 2.24) is 0 Å². The summed E-state index contributed by atoms with van der Waals surface area (Å²) in [5.74, 6) is 0.356. The van der Waals surface area contributed by atoms with Gasteiger partial charge in [0.25, 0.3) is 0 Å². The third-order valence-corrected chi connectivity index (χ3v) is 3.36. The van der Waals surface area contributed by atoms with Gasteiger partial charge in [0.05, 0.1) is 11.5 Å². The molecule has 5 nitrogen and oxygen atoms in total. The van der Waals surface area contributed by atoms with Crippen LogP contribution in [-0.2, 0) is 0 Å². The maximum Gasteiger partial charge on any atom is 0.333 e. The number of hydrogen-bond donors (Lipinski definition) is 1. The fraction of sp³-hybridized carbons (Fsp3) is 0.571. The van der Waals surface area contributed by atoms with E-state index in [0.717, 1.165) is 19.3 Å². The van der Waals surface area contributed by atoms with Crippen LogP contribution in [0.5, 0.6) is 5.75 Å². The number of ether oxygens (including phenoxy) is 1. The third-order valence-electron chi connectivity index (χ3n) is 3.36. The summed E-state index contributed by atoms with van der Waals surface area (Å²) in [6, 6.07) is 5.57. The maximum absolute atomic E-state index is 11.3. The van der Waals surface area contributed by atoms with Crippen LogP contribution in [0.4, 0.5) is 11.4 Å². The number of nitrogens with zero attached hydrogens (tertiary/aromatic N) is 1. The van der Waals surface area contributed by atoms with Crippen molar-refractivity contribution in [3.8, 4) is 5.75 Å². The second-order valence-electron chi connectivity index (χ2n) is 4.88. The van der Waals surface area contributed by atoms with E-state index in [1.807, 2.05) is 6.92 Å². The Hall–Kier alpha value is -1.78. The fourth-order valence-electron chi connectivity index (χ4n) is 2.45. The van der Waals surface area contributed by atoms with Crippen LogP contribution >= 0.6 is 0 Å². The Bertz CT molecular complexity index is 442. The van der Waals surface area contributed by atoms with Crippen molar-refractivity contribution in [2.75, 3.05) is 11.9 Å². The minimum atomic E-state index is -0.359.